The van der Waals surface area contributed by atoms with Crippen LogP contribution in [0.2, 0.25) is 0 Å². The summed E-state index contributed by atoms with van der Waals surface area (Å²) in [5.41, 5.74) is 3.73. The summed E-state index contributed by atoms with van der Waals surface area (Å²) in [7, 11) is 2.39. The Morgan fingerprint density at radius 2 is 1.70 bits per heavy atom. The van der Waals surface area contributed by atoms with E-state index in [4.69, 9.17) is 4.74 Å². The number of hydrogen-bond acceptors (Lipinski definition) is 8. The van der Waals surface area contributed by atoms with Crippen molar-refractivity contribution in [3.63, 3.8) is 0 Å². The number of esters is 2. The molecule has 0 saturated heterocycles. The Kier molecular flexibility index (Phi) is 6.56. The number of hydrazone groups is 1. The van der Waals surface area contributed by atoms with E-state index in [1.807, 2.05) is 60.7 Å². The smallest absolute Gasteiger partial charge is 0.442 e. The predicted molar refractivity (Wildman–Crippen MR) is 106 cm³/mol. The molecule has 1 aromatic heterocycles. The highest BCUT2D eigenvalue weighted by Crippen LogP contribution is 2.09. The quantitative estimate of drug-likeness (QED) is 0.214. The molecule has 0 spiro atoms. The number of hydrogen-bond donors (Lipinski definition) is 1. The summed E-state index contributed by atoms with van der Waals surface area (Å²) in [6.07, 6.45) is 0.852. The lowest BCUT2D eigenvalue weighted by atomic mass is 10.3. The number of carbonyl (C=O) groups is 2. The standard InChI is InChI=1S/C19H17N7O4/c1-29-16(27)13-20-22-17(18(28)30-2)21-19-23-26(15-11-7-4-8-12-15)24-25(19)14-9-5-3-6-10-14/h3-13H,1-2H3/p+1. The van der Waals surface area contributed by atoms with E-state index < -0.39 is 11.9 Å². The molecule has 11 heteroatoms. The molecule has 0 aliphatic rings. The Bertz CT molecular complexity index is 1080. The topological polar surface area (TPSA) is 124 Å². The summed E-state index contributed by atoms with van der Waals surface area (Å²) >= 11 is 0. The first-order valence-electron chi connectivity index (χ1n) is 8.67. The normalized spacial score (nSPS) is 11.3. The van der Waals surface area contributed by atoms with Crippen molar-refractivity contribution in [1.82, 2.24) is 20.5 Å². The molecule has 0 radical (unpaired) electrons. The lowest BCUT2D eigenvalue weighted by molar-refractivity contribution is -0.648. The average molecular weight is 408 g/mol. The minimum atomic E-state index is -0.814. The van der Waals surface area contributed by atoms with Crippen LogP contribution in [-0.4, -0.2) is 53.3 Å². The molecule has 3 aromatic rings. The molecule has 0 amide bonds. The SMILES string of the molecule is COC(=O)C=NN/C(=N/c1nn(-c2ccccc2)n[n+]1-c1ccccc1)C(=O)OC. The maximum absolute atomic E-state index is 12.1. The zero-order valence-corrected chi connectivity index (χ0v) is 16.2. The van der Waals surface area contributed by atoms with Crippen LogP contribution in [0.25, 0.3) is 11.4 Å². The third-order valence-electron chi connectivity index (χ3n) is 3.67. The number of nitrogens with zero attached hydrogens (tertiary/aromatic N) is 6. The fourth-order valence-corrected chi connectivity index (χ4v) is 2.26. The predicted octanol–water partition coefficient (Wildman–Crippen LogP) is 0.495. The van der Waals surface area contributed by atoms with E-state index in [1.54, 1.807) is 0 Å². The number of aromatic nitrogens is 4. The Hall–Kier alpha value is -4.41. The van der Waals surface area contributed by atoms with Crippen molar-refractivity contribution in [1.29, 1.82) is 0 Å². The molecule has 0 bridgehead atoms. The van der Waals surface area contributed by atoms with Gasteiger partial charge in [0.1, 0.15) is 17.6 Å². The highest BCUT2D eigenvalue weighted by Gasteiger charge is 2.25. The molecule has 2 aromatic carbocycles. The van der Waals surface area contributed by atoms with Gasteiger partial charge in [0.05, 0.1) is 19.3 Å². The van der Waals surface area contributed by atoms with Crippen LogP contribution in [0.15, 0.2) is 70.8 Å². The molecule has 1 N–H and O–H groups in total. The minimum Gasteiger partial charge on any atom is -0.465 e. The summed E-state index contributed by atoms with van der Waals surface area (Å²) in [5, 5.41) is 12.4. The largest absolute Gasteiger partial charge is 0.465 e. The zero-order chi connectivity index (χ0) is 21.3. The monoisotopic (exact) mass is 408 g/mol. The number of methoxy groups -OCH3 is 2. The van der Waals surface area contributed by atoms with Gasteiger partial charge in [0.25, 0.3) is 5.84 Å². The number of nitrogens with one attached hydrogen (secondary N) is 1. The van der Waals surface area contributed by atoms with Crippen LogP contribution in [0.4, 0.5) is 5.95 Å². The molecule has 152 valence electrons. The first-order valence-corrected chi connectivity index (χ1v) is 8.67. The minimum absolute atomic E-state index is 0.0752. The Morgan fingerprint density at radius 3 is 2.33 bits per heavy atom. The molecule has 0 saturated carbocycles. The molecule has 0 aliphatic carbocycles. The summed E-state index contributed by atoms with van der Waals surface area (Å²) in [5.74, 6) is -1.75. The second-order valence-corrected chi connectivity index (χ2v) is 5.61. The van der Waals surface area contributed by atoms with Crippen molar-refractivity contribution in [3.8, 4) is 11.4 Å². The van der Waals surface area contributed by atoms with Gasteiger partial charge in [-0.1, -0.05) is 46.1 Å². The molecule has 1 heterocycles. The Labute approximate surface area is 171 Å². The van der Waals surface area contributed by atoms with Crippen LogP contribution in [0, 0.1) is 0 Å². The highest BCUT2D eigenvalue weighted by atomic mass is 16.5. The third-order valence-corrected chi connectivity index (χ3v) is 3.67. The third kappa shape index (κ3) is 4.90. The Morgan fingerprint density at radius 1 is 1.03 bits per heavy atom. The lowest BCUT2D eigenvalue weighted by Crippen LogP contribution is -2.35. The fourth-order valence-electron chi connectivity index (χ4n) is 2.26. The van der Waals surface area contributed by atoms with Crippen LogP contribution in [0.1, 0.15) is 0 Å². The van der Waals surface area contributed by atoms with Crippen molar-refractivity contribution < 1.29 is 23.7 Å². The van der Waals surface area contributed by atoms with Crippen molar-refractivity contribution in [2.45, 2.75) is 0 Å². The first-order chi connectivity index (χ1) is 14.6. The fraction of sp³-hybridized carbons (Fsp3) is 0.105. The van der Waals surface area contributed by atoms with E-state index in [1.165, 1.54) is 23.7 Å². The summed E-state index contributed by atoms with van der Waals surface area (Å²) in [4.78, 5) is 28.9. The molecular formula is C19H18N7O4+. The van der Waals surface area contributed by atoms with Crippen LogP contribution in [0.3, 0.4) is 0 Å². The van der Waals surface area contributed by atoms with E-state index in [9.17, 15) is 9.59 Å². The molecule has 0 fully saturated rings. The van der Waals surface area contributed by atoms with Gasteiger partial charge in [-0.25, -0.2) is 15.0 Å². The number of para-hydroxylation sites is 2. The molecule has 11 nitrogen and oxygen atoms in total. The van der Waals surface area contributed by atoms with Crippen LogP contribution < -0.4 is 10.1 Å². The average Bonchev–Trinajstić information content (AvgIpc) is 3.22. The zero-order valence-electron chi connectivity index (χ0n) is 16.2. The molecular weight excluding hydrogens is 390 g/mol. The van der Waals surface area contributed by atoms with Crippen molar-refractivity contribution in [3.05, 3.63) is 60.7 Å². The summed E-state index contributed by atoms with van der Waals surface area (Å²) in [6, 6.07) is 18.3. The maximum Gasteiger partial charge on any atom is 0.442 e. The Balaban J connectivity index is 2.06. The van der Waals surface area contributed by atoms with Gasteiger partial charge < -0.3 is 9.47 Å². The highest BCUT2D eigenvalue weighted by molar-refractivity contribution is 6.36. The number of tetrazole rings is 1. The van der Waals surface area contributed by atoms with Crippen LogP contribution in [0.5, 0.6) is 0 Å². The second kappa shape index (κ2) is 9.68. The number of rotatable bonds is 5. The molecule has 0 aliphatic heterocycles. The first kappa shape index (κ1) is 20.3. The van der Waals surface area contributed by atoms with Gasteiger partial charge in [0, 0.05) is 5.21 Å². The number of amidine groups is 1. The summed E-state index contributed by atoms with van der Waals surface area (Å²) in [6.45, 7) is 0. The summed E-state index contributed by atoms with van der Waals surface area (Å²) < 4.78 is 10.6. The van der Waals surface area contributed by atoms with Crippen molar-refractivity contribution >= 4 is 29.9 Å². The van der Waals surface area contributed by atoms with Crippen molar-refractivity contribution in [2.75, 3.05) is 14.2 Å². The number of benzene rings is 2. The second-order valence-electron chi connectivity index (χ2n) is 5.61. The van der Waals surface area contributed by atoms with Gasteiger partial charge in [0.15, 0.2) is 0 Å². The molecule has 0 atom stereocenters. The van der Waals surface area contributed by atoms with E-state index in [0.29, 0.717) is 11.4 Å². The number of aliphatic imine (C=N–C) groups is 1. The molecule has 0 unspecified atom stereocenters. The van der Waals surface area contributed by atoms with E-state index >= 15 is 0 Å². The van der Waals surface area contributed by atoms with Gasteiger partial charge in [-0.2, -0.15) is 5.10 Å². The van der Waals surface area contributed by atoms with Gasteiger partial charge in [0.2, 0.25) is 0 Å². The van der Waals surface area contributed by atoms with E-state index in [-0.39, 0.29) is 11.8 Å². The molecule has 3 rings (SSSR count). The van der Waals surface area contributed by atoms with E-state index in [2.05, 4.69) is 30.6 Å². The van der Waals surface area contributed by atoms with Gasteiger partial charge in [-0.15, -0.1) is 0 Å². The molecule has 30 heavy (non-hydrogen) atoms. The van der Waals surface area contributed by atoms with Gasteiger partial charge in [-0.3, -0.25) is 0 Å². The van der Waals surface area contributed by atoms with Gasteiger partial charge >= 0.3 is 17.9 Å². The number of ether oxygens (including phenoxy) is 2. The van der Waals surface area contributed by atoms with Crippen LogP contribution in [-0.2, 0) is 19.1 Å². The number of carbonyl (C=O) groups excluding carboxylic acids is 2. The van der Waals surface area contributed by atoms with Gasteiger partial charge in [-0.05, 0) is 29.1 Å². The maximum atomic E-state index is 12.1. The van der Waals surface area contributed by atoms with Crippen molar-refractivity contribution in [2.24, 2.45) is 10.1 Å². The van der Waals surface area contributed by atoms with Crippen LogP contribution >= 0.6 is 0 Å². The lowest BCUT2D eigenvalue weighted by Gasteiger charge is -1.99. The van der Waals surface area contributed by atoms with E-state index in [0.717, 1.165) is 6.21 Å².